The van der Waals surface area contributed by atoms with Crippen LogP contribution in [0.2, 0.25) is 0 Å². The summed E-state index contributed by atoms with van der Waals surface area (Å²) in [6.45, 7) is 13.7. The van der Waals surface area contributed by atoms with Crippen molar-refractivity contribution in [3.63, 3.8) is 0 Å². The van der Waals surface area contributed by atoms with Gasteiger partial charge in [0.05, 0.1) is 54.2 Å². The van der Waals surface area contributed by atoms with E-state index in [2.05, 4.69) is 0 Å². The van der Waals surface area contributed by atoms with Crippen LogP contribution in [0.3, 0.4) is 0 Å². The summed E-state index contributed by atoms with van der Waals surface area (Å²) in [7, 11) is 7.06. The third kappa shape index (κ3) is 9.95. The molecule has 318 valence electrons. The summed E-state index contributed by atoms with van der Waals surface area (Å²) >= 11 is 0. The van der Waals surface area contributed by atoms with E-state index in [1.807, 2.05) is 70.1 Å². The largest absolute Gasteiger partial charge is 0.387 e. The van der Waals surface area contributed by atoms with E-state index >= 15 is 0 Å². The average Bonchev–Trinajstić information content (AvgIpc) is 3.57. The Morgan fingerprint density at radius 2 is 1.61 bits per heavy atom. The van der Waals surface area contributed by atoms with Gasteiger partial charge in [-0.1, -0.05) is 51.1 Å². The topological polar surface area (TPSA) is 160 Å². The van der Waals surface area contributed by atoms with Crippen LogP contribution in [0.25, 0.3) is 0 Å². The molecule has 2 amide bonds. The Morgan fingerprint density at radius 3 is 2.25 bits per heavy atom. The predicted molar refractivity (Wildman–Crippen MR) is 208 cm³/mol. The first kappa shape index (κ1) is 44.9. The molecule has 14 nitrogen and oxygen atoms in total. The maximum Gasteiger partial charge on any atom is 0.245 e. The van der Waals surface area contributed by atoms with E-state index < -0.39 is 72.2 Å². The van der Waals surface area contributed by atoms with Crippen molar-refractivity contribution in [2.75, 3.05) is 41.3 Å². The first-order valence-electron chi connectivity index (χ1n) is 20.4. The molecule has 3 N–H and O–H groups in total. The zero-order chi connectivity index (χ0) is 41.3. The first-order chi connectivity index (χ1) is 26.3. The molecule has 14 heteroatoms. The normalized spacial score (nSPS) is 43.3. The molecule has 1 aromatic rings. The van der Waals surface area contributed by atoms with Gasteiger partial charge >= 0.3 is 0 Å². The Bertz CT molecular complexity index is 1450. The van der Waals surface area contributed by atoms with Crippen LogP contribution < -0.4 is 0 Å². The minimum Gasteiger partial charge on any atom is -0.387 e. The van der Waals surface area contributed by atoms with E-state index in [0.717, 1.165) is 5.56 Å². The number of nitrogens with zero attached hydrogens (tertiary/aromatic N) is 3. The van der Waals surface area contributed by atoms with Crippen LogP contribution in [0.5, 0.6) is 0 Å². The number of methoxy groups -OCH3 is 1. The number of rotatable bonds is 9. The van der Waals surface area contributed by atoms with Gasteiger partial charge in [-0.25, -0.2) is 0 Å². The van der Waals surface area contributed by atoms with Crippen LogP contribution in [-0.2, 0) is 44.6 Å². The highest BCUT2D eigenvalue weighted by atomic mass is 16.7. The lowest BCUT2D eigenvalue weighted by molar-refractivity contribution is -0.317. The van der Waals surface area contributed by atoms with Crippen LogP contribution in [0, 0.1) is 17.8 Å². The maximum absolute atomic E-state index is 15.0. The molecule has 0 radical (unpaired) electrons. The molecule has 0 aliphatic carbocycles. The Hall–Kier alpha value is -2.24. The molecule has 4 aliphatic rings. The second-order valence-electron chi connectivity index (χ2n) is 17.9. The molecule has 1 aromatic carbocycles. The van der Waals surface area contributed by atoms with Gasteiger partial charge < -0.3 is 58.4 Å². The van der Waals surface area contributed by atoms with Crippen LogP contribution in [0.15, 0.2) is 30.3 Å². The van der Waals surface area contributed by atoms with Gasteiger partial charge in [0.25, 0.3) is 0 Å². The molecule has 4 fully saturated rings. The maximum atomic E-state index is 15.0. The van der Waals surface area contributed by atoms with Gasteiger partial charge in [-0.2, -0.15) is 0 Å². The molecule has 0 spiro atoms. The van der Waals surface area contributed by atoms with E-state index in [9.17, 15) is 24.9 Å². The standard InChI is InChI=1S/C42H69N3O11/c1-24-19-41(6,50)37(56-40-34(46)31(43(8)9)17-25(2)53-40)26(3)35(55-33-20-42(7,51-11)36(47)28(5)54-33)27(4)38(48)45-22-30(18-32(45)39(49)44(10)21-24)52-23-29-15-13-12-14-16-29/h12-16,24-28,30-37,40,46-47,50H,17-23H2,1-11H3/t24-,25-,26+,27-,28+,30+,31+,32?,33+,34-,35+,36+,37-,40+,41-,42-/m1/s1. The van der Waals surface area contributed by atoms with E-state index in [1.54, 1.807) is 44.5 Å². The molecule has 16 atom stereocenters. The third-order valence-corrected chi connectivity index (χ3v) is 12.7. The van der Waals surface area contributed by atoms with Gasteiger partial charge in [0.1, 0.15) is 18.2 Å². The van der Waals surface area contributed by atoms with Gasteiger partial charge in [0.15, 0.2) is 12.6 Å². The first-order valence-corrected chi connectivity index (χ1v) is 20.4. The second-order valence-corrected chi connectivity index (χ2v) is 17.9. The molecule has 56 heavy (non-hydrogen) atoms. The van der Waals surface area contributed by atoms with Crippen LogP contribution >= 0.6 is 0 Å². The number of carbonyl (C=O) groups is 2. The fraction of sp³-hybridized carbons (Fsp3) is 0.810. The number of amides is 2. The molecule has 4 aliphatic heterocycles. The minimum atomic E-state index is -1.54. The summed E-state index contributed by atoms with van der Waals surface area (Å²) in [6, 6.07) is 8.77. The van der Waals surface area contributed by atoms with Gasteiger partial charge in [-0.05, 0) is 66.1 Å². The van der Waals surface area contributed by atoms with Crippen molar-refractivity contribution in [1.29, 1.82) is 0 Å². The zero-order valence-corrected chi connectivity index (χ0v) is 35.4. The number of aliphatic hydroxyl groups is 3. The summed E-state index contributed by atoms with van der Waals surface area (Å²) in [5, 5.41) is 35.1. The molecule has 5 rings (SSSR count). The van der Waals surface area contributed by atoms with Crippen LogP contribution in [0.4, 0.5) is 0 Å². The second kappa shape index (κ2) is 18.4. The SMILES string of the molecule is CO[C@]1(C)C[C@H](O[C@H]2[C@H](C)[C@@H](O[C@@H]3O[C@H](C)C[C@H](N(C)C)[C@H]3O)[C@](C)(O)C[C@@H](C)CN(C)C(=O)C3C[C@H](OCc4ccccc4)CN3C(=O)[C@@H]2C)O[C@@H](C)[C@@H]1O. The number of ether oxygens (including phenoxy) is 6. The average molecular weight is 792 g/mol. The lowest BCUT2D eigenvalue weighted by Gasteiger charge is -2.49. The number of aliphatic hydroxyl groups excluding tert-OH is 2. The molecule has 4 heterocycles. The highest BCUT2D eigenvalue weighted by Gasteiger charge is 2.53. The number of likely N-dealkylation sites (N-methyl/N-ethyl adjacent to an activating group) is 2. The molecule has 0 aromatic heterocycles. The zero-order valence-electron chi connectivity index (χ0n) is 35.4. The number of fused-ring (bicyclic) bond motifs is 1. The molecule has 0 bridgehead atoms. The van der Waals surface area contributed by atoms with Crippen molar-refractivity contribution in [3.05, 3.63) is 35.9 Å². The van der Waals surface area contributed by atoms with Crippen molar-refractivity contribution < 1.29 is 53.3 Å². The summed E-state index contributed by atoms with van der Waals surface area (Å²) in [6.07, 6.45) is -5.86. The van der Waals surface area contributed by atoms with E-state index in [-0.39, 0.29) is 55.4 Å². The molecular formula is C42H69N3O11. The Kier molecular flexibility index (Phi) is 14.7. The fourth-order valence-corrected chi connectivity index (χ4v) is 9.56. The number of hydrogen-bond donors (Lipinski definition) is 3. The lowest BCUT2D eigenvalue weighted by Crippen LogP contribution is -2.60. The van der Waals surface area contributed by atoms with Crippen LogP contribution in [-0.4, -0.2) is 162 Å². The molecule has 4 saturated heterocycles. The van der Waals surface area contributed by atoms with Crippen LogP contribution in [0.1, 0.15) is 79.7 Å². The van der Waals surface area contributed by atoms with E-state index in [4.69, 9.17) is 28.4 Å². The summed E-state index contributed by atoms with van der Waals surface area (Å²) in [5.74, 6) is -2.26. The number of hydrogen-bond acceptors (Lipinski definition) is 12. The van der Waals surface area contributed by atoms with Gasteiger partial charge in [-0.15, -0.1) is 0 Å². The Labute approximate surface area is 333 Å². The number of carbonyl (C=O) groups excluding carboxylic acids is 2. The van der Waals surface area contributed by atoms with Crippen molar-refractivity contribution in [1.82, 2.24) is 14.7 Å². The smallest absolute Gasteiger partial charge is 0.245 e. The molecular weight excluding hydrogens is 722 g/mol. The van der Waals surface area contributed by atoms with E-state index in [0.29, 0.717) is 26.0 Å². The highest BCUT2D eigenvalue weighted by molar-refractivity contribution is 5.89. The summed E-state index contributed by atoms with van der Waals surface area (Å²) < 4.78 is 38.2. The van der Waals surface area contributed by atoms with Gasteiger partial charge in [0, 0.05) is 52.0 Å². The number of benzene rings is 1. The predicted octanol–water partition coefficient (Wildman–Crippen LogP) is 2.79. The van der Waals surface area contributed by atoms with Gasteiger partial charge in [0.2, 0.25) is 11.8 Å². The molecule has 0 saturated carbocycles. The van der Waals surface area contributed by atoms with Gasteiger partial charge in [-0.3, -0.25) is 9.59 Å². The summed E-state index contributed by atoms with van der Waals surface area (Å²) in [4.78, 5) is 34.5. The van der Waals surface area contributed by atoms with Crippen molar-refractivity contribution in [2.24, 2.45) is 17.8 Å². The summed E-state index contributed by atoms with van der Waals surface area (Å²) in [5.41, 5.74) is -1.55. The lowest BCUT2D eigenvalue weighted by atomic mass is 9.77. The van der Waals surface area contributed by atoms with E-state index in [1.165, 1.54) is 7.11 Å². The quantitative estimate of drug-likeness (QED) is 0.337. The van der Waals surface area contributed by atoms with Crippen molar-refractivity contribution >= 4 is 11.8 Å². The van der Waals surface area contributed by atoms with Crippen molar-refractivity contribution in [3.8, 4) is 0 Å². The Morgan fingerprint density at radius 1 is 0.929 bits per heavy atom. The third-order valence-electron chi connectivity index (χ3n) is 12.7. The minimum absolute atomic E-state index is 0.162. The monoisotopic (exact) mass is 791 g/mol. The van der Waals surface area contributed by atoms with Crippen molar-refractivity contribution in [2.45, 2.75) is 159 Å². The highest BCUT2D eigenvalue weighted by Crippen LogP contribution is 2.40. The molecule has 1 unspecified atom stereocenters. The Balaban J connectivity index is 1.54. The fourth-order valence-electron chi connectivity index (χ4n) is 9.56.